The first-order valence-corrected chi connectivity index (χ1v) is 10.5. The van der Waals surface area contributed by atoms with Crippen molar-refractivity contribution in [2.45, 2.75) is 39.8 Å². The maximum Gasteiger partial charge on any atom is 0.166 e. The van der Waals surface area contributed by atoms with Crippen molar-refractivity contribution in [2.75, 3.05) is 13.1 Å². The molecule has 154 valence electrons. The topological polar surface area (TPSA) is 58.7 Å². The normalized spacial score (nSPS) is 18.7. The van der Waals surface area contributed by atoms with E-state index in [0.29, 0.717) is 24.4 Å². The molecule has 0 unspecified atom stereocenters. The predicted molar refractivity (Wildman–Crippen MR) is 119 cm³/mol. The molecule has 0 amide bonds. The third-order valence-corrected chi connectivity index (χ3v) is 5.78. The number of halogens is 1. The van der Waals surface area contributed by atoms with Crippen LogP contribution in [0.25, 0.3) is 5.57 Å². The Morgan fingerprint density at radius 3 is 2.90 bits per heavy atom. The zero-order valence-corrected chi connectivity index (χ0v) is 18.2. The monoisotopic (exact) mass is 414 g/mol. The van der Waals surface area contributed by atoms with Crippen molar-refractivity contribution < 1.29 is 4.39 Å². The number of hydrogen-bond acceptors (Lipinski definition) is 6. The molecule has 0 saturated carbocycles. The Bertz CT molecular complexity index is 968. The number of thiazole rings is 1. The third kappa shape index (κ3) is 5.26. The van der Waals surface area contributed by atoms with Crippen molar-refractivity contribution in [1.29, 1.82) is 0 Å². The molecule has 0 aliphatic carbocycles. The summed E-state index contributed by atoms with van der Waals surface area (Å²) in [5.74, 6) is 1.45. The molecule has 0 spiro atoms. The minimum atomic E-state index is -0.790. The van der Waals surface area contributed by atoms with E-state index in [9.17, 15) is 4.39 Å². The number of aliphatic imine (C=N–C) groups is 2. The number of alkyl halides is 1. The summed E-state index contributed by atoms with van der Waals surface area (Å²) in [6.45, 7) is 11.2. The van der Waals surface area contributed by atoms with Gasteiger partial charge in [0.15, 0.2) is 5.82 Å². The second kappa shape index (κ2) is 9.26. The van der Waals surface area contributed by atoms with Crippen molar-refractivity contribution in [3.05, 3.63) is 46.3 Å². The van der Waals surface area contributed by atoms with Crippen LogP contribution in [0.15, 0.2) is 40.9 Å². The summed E-state index contributed by atoms with van der Waals surface area (Å²) in [5.41, 5.74) is 2.54. The summed E-state index contributed by atoms with van der Waals surface area (Å²) in [6, 6.07) is 0. The fourth-order valence-electron chi connectivity index (χ4n) is 3.13. The van der Waals surface area contributed by atoms with E-state index in [1.54, 1.807) is 17.1 Å². The highest BCUT2D eigenvalue weighted by atomic mass is 32.1. The van der Waals surface area contributed by atoms with Crippen LogP contribution in [0.2, 0.25) is 0 Å². The molecule has 2 aromatic heterocycles. The first kappa shape index (κ1) is 21.1. The second-order valence-corrected chi connectivity index (χ2v) is 8.32. The van der Waals surface area contributed by atoms with E-state index in [1.807, 2.05) is 45.0 Å². The maximum absolute atomic E-state index is 13.7. The fraction of sp³-hybridized carbons (Fsp3) is 0.429. The minimum Gasteiger partial charge on any atom is -0.354 e. The Labute approximate surface area is 175 Å². The molecule has 0 radical (unpaired) electrons. The van der Waals surface area contributed by atoms with Gasteiger partial charge < -0.3 is 4.90 Å². The van der Waals surface area contributed by atoms with Gasteiger partial charge in [0.05, 0.1) is 18.5 Å². The van der Waals surface area contributed by atoms with Gasteiger partial charge in [-0.15, -0.1) is 11.3 Å². The van der Waals surface area contributed by atoms with Crippen molar-refractivity contribution >= 4 is 34.7 Å². The van der Waals surface area contributed by atoms with E-state index in [2.05, 4.69) is 26.6 Å². The molecule has 2 aromatic rings. The van der Waals surface area contributed by atoms with Crippen LogP contribution in [0.5, 0.6) is 0 Å². The molecule has 3 heterocycles. The van der Waals surface area contributed by atoms with E-state index in [1.165, 1.54) is 11.3 Å². The van der Waals surface area contributed by atoms with E-state index < -0.39 is 6.17 Å². The Morgan fingerprint density at radius 1 is 1.45 bits per heavy atom. The first-order chi connectivity index (χ1) is 13.9. The fourth-order valence-corrected chi connectivity index (χ4v) is 3.92. The SMILES string of the molecule is C=C(C=N/C(=C\C)N1CCC[C@H](F)C1)c1nc(N=C(C)c2cnn(C)c2)c(C)s1. The molecule has 8 heteroatoms. The lowest BCUT2D eigenvalue weighted by Gasteiger charge is -2.30. The molecule has 0 N–H and O–H groups in total. The summed E-state index contributed by atoms with van der Waals surface area (Å²) in [6.07, 6.45) is 8.01. The van der Waals surface area contributed by atoms with Gasteiger partial charge in [-0.1, -0.05) is 6.58 Å². The van der Waals surface area contributed by atoms with Gasteiger partial charge in [0.25, 0.3) is 0 Å². The van der Waals surface area contributed by atoms with E-state index >= 15 is 0 Å². The molecule has 1 saturated heterocycles. The van der Waals surface area contributed by atoms with Crippen LogP contribution < -0.4 is 0 Å². The van der Waals surface area contributed by atoms with Crippen LogP contribution in [-0.2, 0) is 7.05 Å². The van der Waals surface area contributed by atoms with E-state index in [0.717, 1.165) is 39.9 Å². The van der Waals surface area contributed by atoms with Crippen molar-refractivity contribution in [3.63, 3.8) is 0 Å². The first-order valence-electron chi connectivity index (χ1n) is 9.67. The highest BCUT2D eigenvalue weighted by Crippen LogP contribution is 2.29. The van der Waals surface area contributed by atoms with Gasteiger partial charge in [-0.05, 0) is 39.7 Å². The number of aryl methyl sites for hydroxylation is 2. The summed E-state index contributed by atoms with van der Waals surface area (Å²) < 4.78 is 15.5. The molecule has 29 heavy (non-hydrogen) atoms. The van der Waals surface area contributed by atoms with Crippen LogP contribution in [0, 0.1) is 6.92 Å². The lowest BCUT2D eigenvalue weighted by atomic mass is 10.1. The van der Waals surface area contributed by atoms with Crippen LogP contribution in [-0.4, -0.2) is 50.9 Å². The van der Waals surface area contributed by atoms with Crippen LogP contribution in [0.3, 0.4) is 0 Å². The molecule has 0 bridgehead atoms. The van der Waals surface area contributed by atoms with Gasteiger partial charge in [-0.3, -0.25) is 4.68 Å². The van der Waals surface area contributed by atoms with Gasteiger partial charge in [0, 0.05) is 42.0 Å². The van der Waals surface area contributed by atoms with Crippen molar-refractivity contribution in [3.8, 4) is 0 Å². The van der Waals surface area contributed by atoms with Gasteiger partial charge in [-0.25, -0.2) is 19.4 Å². The van der Waals surface area contributed by atoms with Crippen molar-refractivity contribution in [2.24, 2.45) is 17.0 Å². The van der Waals surface area contributed by atoms with E-state index in [4.69, 9.17) is 0 Å². The summed E-state index contributed by atoms with van der Waals surface area (Å²) in [5, 5.41) is 4.96. The molecular formula is C21H27FN6S. The molecule has 6 nitrogen and oxygen atoms in total. The number of nitrogens with zero attached hydrogens (tertiary/aromatic N) is 6. The maximum atomic E-state index is 13.7. The molecule has 0 aromatic carbocycles. The third-order valence-electron chi connectivity index (χ3n) is 4.74. The van der Waals surface area contributed by atoms with Gasteiger partial charge in [-0.2, -0.15) is 5.10 Å². The van der Waals surface area contributed by atoms with Crippen LogP contribution in [0.1, 0.15) is 42.1 Å². The molecule has 1 aliphatic rings. The smallest absolute Gasteiger partial charge is 0.166 e. The Morgan fingerprint density at radius 2 is 2.24 bits per heavy atom. The second-order valence-electron chi connectivity index (χ2n) is 7.11. The van der Waals surface area contributed by atoms with Crippen LogP contribution in [0.4, 0.5) is 10.2 Å². The predicted octanol–water partition coefficient (Wildman–Crippen LogP) is 4.70. The highest BCUT2D eigenvalue weighted by Gasteiger charge is 2.20. The van der Waals surface area contributed by atoms with Crippen LogP contribution >= 0.6 is 11.3 Å². The highest BCUT2D eigenvalue weighted by molar-refractivity contribution is 7.13. The average molecular weight is 415 g/mol. The number of allylic oxidation sites excluding steroid dienone is 2. The molecule has 1 fully saturated rings. The molecular weight excluding hydrogens is 387 g/mol. The quantitative estimate of drug-likeness (QED) is 0.644. The Hall–Kier alpha value is -2.61. The van der Waals surface area contributed by atoms with Gasteiger partial charge in [0.2, 0.25) is 0 Å². The largest absolute Gasteiger partial charge is 0.354 e. The standard InChI is InChI=1S/C21H27FN6S/c1-6-19(28-9-7-8-18(22)13-28)23-10-14(2)21-26-20(16(4)29-21)25-15(3)17-11-24-27(5)12-17/h6,10-12,18H,2,7-9,13H2,1,3-5H3/b19-6+,23-10?,25-15?/t18-/m0/s1. The average Bonchev–Trinajstić information content (AvgIpc) is 3.28. The zero-order valence-electron chi connectivity index (χ0n) is 17.4. The number of hydrogen-bond donors (Lipinski definition) is 0. The number of rotatable bonds is 6. The molecule has 3 rings (SSSR count). The van der Waals surface area contributed by atoms with Gasteiger partial charge >= 0.3 is 0 Å². The zero-order chi connectivity index (χ0) is 21.0. The number of likely N-dealkylation sites (tertiary alicyclic amines) is 1. The lowest BCUT2D eigenvalue weighted by molar-refractivity contribution is 0.168. The Kier molecular flexibility index (Phi) is 6.74. The van der Waals surface area contributed by atoms with E-state index in [-0.39, 0.29) is 0 Å². The van der Waals surface area contributed by atoms with Crippen molar-refractivity contribution in [1.82, 2.24) is 19.7 Å². The summed E-state index contributed by atoms with van der Waals surface area (Å²) >= 11 is 1.54. The number of aromatic nitrogens is 3. The minimum absolute atomic E-state index is 0.395. The molecule has 1 aliphatic heterocycles. The summed E-state index contributed by atoms with van der Waals surface area (Å²) in [7, 11) is 1.88. The number of piperidine rings is 1. The van der Waals surface area contributed by atoms with Gasteiger partial charge in [0.1, 0.15) is 17.0 Å². The Balaban J connectivity index is 1.73. The lowest BCUT2D eigenvalue weighted by Crippen LogP contribution is -2.35. The summed E-state index contributed by atoms with van der Waals surface area (Å²) in [4.78, 5) is 16.8. The molecule has 1 atom stereocenters.